The first-order chi connectivity index (χ1) is 16.7. The van der Waals surface area contributed by atoms with E-state index in [2.05, 4.69) is 11.0 Å². The summed E-state index contributed by atoms with van der Waals surface area (Å²) in [7, 11) is 0. The number of hydrogen-bond acceptors (Lipinski definition) is 4. The fraction of sp³-hybridized carbons (Fsp3) is 0.357. The summed E-state index contributed by atoms with van der Waals surface area (Å²) in [5.41, 5.74) is 3.90. The zero-order valence-electron chi connectivity index (χ0n) is 19.3. The average molecular weight is 460 g/mol. The molecule has 0 spiro atoms. The maximum absolute atomic E-state index is 14.3. The van der Waals surface area contributed by atoms with Crippen LogP contribution in [0.15, 0.2) is 66.7 Å². The van der Waals surface area contributed by atoms with E-state index in [0.717, 1.165) is 69.1 Å². The SMILES string of the molecule is O=C(c1ccccc1CN1CCOCC1)N1CCCC(c2cccc(-c3ccccc3F)n2)C1. The van der Waals surface area contributed by atoms with Crippen molar-refractivity contribution in [3.8, 4) is 11.3 Å². The standard InChI is InChI=1S/C28H30FN3O2/c29-25-11-4-3-10-24(25)27-13-5-12-26(30-27)22-8-6-14-32(20-22)28(33)23-9-2-1-7-21(23)19-31-15-17-34-18-16-31/h1-5,7,9-13,22H,6,8,14-20H2. The Labute approximate surface area is 200 Å². The summed E-state index contributed by atoms with van der Waals surface area (Å²) in [4.78, 5) is 22.7. The summed E-state index contributed by atoms with van der Waals surface area (Å²) in [6, 6.07) is 20.4. The summed E-state index contributed by atoms with van der Waals surface area (Å²) < 4.78 is 19.8. The van der Waals surface area contributed by atoms with Gasteiger partial charge in [0, 0.05) is 55.5 Å². The molecule has 1 aromatic heterocycles. The van der Waals surface area contributed by atoms with Gasteiger partial charge >= 0.3 is 0 Å². The number of ether oxygens (including phenoxy) is 1. The van der Waals surface area contributed by atoms with Gasteiger partial charge in [-0.2, -0.15) is 0 Å². The Morgan fingerprint density at radius 2 is 1.76 bits per heavy atom. The summed E-state index contributed by atoms with van der Waals surface area (Å²) in [6.07, 6.45) is 1.89. The molecule has 176 valence electrons. The highest BCUT2D eigenvalue weighted by atomic mass is 19.1. The number of piperidine rings is 1. The Kier molecular flexibility index (Phi) is 6.97. The number of carbonyl (C=O) groups excluding carboxylic acids is 1. The minimum atomic E-state index is -0.274. The minimum absolute atomic E-state index is 0.0822. The Bertz CT molecular complexity index is 1150. The van der Waals surface area contributed by atoms with Gasteiger partial charge in [0.25, 0.3) is 5.91 Å². The van der Waals surface area contributed by atoms with Crippen LogP contribution in [-0.2, 0) is 11.3 Å². The molecule has 6 heteroatoms. The predicted molar refractivity (Wildman–Crippen MR) is 130 cm³/mol. The fourth-order valence-electron chi connectivity index (χ4n) is 4.94. The molecule has 3 heterocycles. The lowest BCUT2D eigenvalue weighted by Gasteiger charge is -2.33. The topological polar surface area (TPSA) is 45.7 Å². The van der Waals surface area contributed by atoms with Crippen LogP contribution in [0.25, 0.3) is 11.3 Å². The summed E-state index contributed by atoms with van der Waals surface area (Å²) in [6.45, 7) is 5.38. The molecule has 5 nitrogen and oxygen atoms in total. The van der Waals surface area contributed by atoms with Crippen LogP contribution in [0.2, 0.25) is 0 Å². The molecular weight excluding hydrogens is 429 g/mol. The molecular formula is C28H30FN3O2. The van der Waals surface area contributed by atoms with Crippen LogP contribution in [0, 0.1) is 5.82 Å². The number of hydrogen-bond donors (Lipinski definition) is 0. The molecule has 1 atom stereocenters. The van der Waals surface area contributed by atoms with Crippen LogP contribution in [0.4, 0.5) is 4.39 Å². The molecule has 0 aliphatic carbocycles. The highest BCUT2D eigenvalue weighted by Gasteiger charge is 2.28. The number of carbonyl (C=O) groups is 1. The first kappa shape index (κ1) is 22.7. The smallest absolute Gasteiger partial charge is 0.254 e. The molecule has 2 fully saturated rings. The number of morpholine rings is 1. The van der Waals surface area contributed by atoms with E-state index in [0.29, 0.717) is 17.8 Å². The molecule has 2 aliphatic heterocycles. The van der Waals surface area contributed by atoms with Gasteiger partial charge in [0.2, 0.25) is 0 Å². The van der Waals surface area contributed by atoms with E-state index in [1.165, 1.54) is 6.07 Å². The molecule has 1 unspecified atom stereocenters. The van der Waals surface area contributed by atoms with E-state index in [-0.39, 0.29) is 17.6 Å². The highest BCUT2D eigenvalue weighted by molar-refractivity contribution is 5.95. The van der Waals surface area contributed by atoms with Crippen LogP contribution < -0.4 is 0 Å². The van der Waals surface area contributed by atoms with Crippen LogP contribution in [0.1, 0.15) is 40.4 Å². The van der Waals surface area contributed by atoms with Gasteiger partial charge in [-0.3, -0.25) is 14.7 Å². The van der Waals surface area contributed by atoms with Crippen molar-refractivity contribution >= 4 is 5.91 Å². The first-order valence-corrected chi connectivity index (χ1v) is 12.1. The van der Waals surface area contributed by atoms with Crippen molar-refractivity contribution in [2.45, 2.75) is 25.3 Å². The fourth-order valence-corrected chi connectivity index (χ4v) is 4.94. The van der Waals surface area contributed by atoms with Gasteiger partial charge in [-0.15, -0.1) is 0 Å². The summed E-state index contributed by atoms with van der Waals surface area (Å²) >= 11 is 0. The lowest BCUT2D eigenvalue weighted by atomic mass is 9.93. The van der Waals surface area contributed by atoms with Crippen LogP contribution >= 0.6 is 0 Å². The molecule has 0 saturated carbocycles. The van der Waals surface area contributed by atoms with Crippen molar-refractivity contribution in [1.29, 1.82) is 0 Å². The lowest BCUT2D eigenvalue weighted by Crippen LogP contribution is -2.40. The van der Waals surface area contributed by atoms with Crippen LogP contribution in [-0.4, -0.2) is 60.1 Å². The van der Waals surface area contributed by atoms with Crippen molar-refractivity contribution in [3.05, 3.63) is 89.4 Å². The Morgan fingerprint density at radius 1 is 0.971 bits per heavy atom. The monoisotopic (exact) mass is 459 g/mol. The van der Waals surface area contributed by atoms with E-state index >= 15 is 0 Å². The van der Waals surface area contributed by atoms with Gasteiger partial charge in [0.15, 0.2) is 0 Å². The van der Waals surface area contributed by atoms with Gasteiger partial charge < -0.3 is 9.64 Å². The molecule has 0 bridgehead atoms. The van der Waals surface area contributed by atoms with E-state index < -0.39 is 0 Å². The van der Waals surface area contributed by atoms with Gasteiger partial charge in [-0.1, -0.05) is 36.4 Å². The van der Waals surface area contributed by atoms with Gasteiger partial charge in [-0.25, -0.2) is 4.39 Å². The van der Waals surface area contributed by atoms with E-state index in [1.807, 2.05) is 47.4 Å². The number of aromatic nitrogens is 1. The van der Waals surface area contributed by atoms with Crippen molar-refractivity contribution in [3.63, 3.8) is 0 Å². The zero-order chi connectivity index (χ0) is 23.3. The van der Waals surface area contributed by atoms with E-state index in [1.54, 1.807) is 12.1 Å². The Balaban J connectivity index is 1.33. The second-order valence-corrected chi connectivity index (χ2v) is 9.06. The van der Waals surface area contributed by atoms with Crippen molar-refractivity contribution in [1.82, 2.24) is 14.8 Å². The molecule has 0 radical (unpaired) electrons. The largest absolute Gasteiger partial charge is 0.379 e. The van der Waals surface area contributed by atoms with Crippen molar-refractivity contribution in [2.75, 3.05) is 39.4 Å². The second-order valence-electron chi connectivity index (χ2n) is 9.06. The number of benzene rings is 2. The zero-order valence-corrected chi connectivity index (χ0v) is 19.3. The molecule has 34 heavy (non-hydrogen) atoms. The summed E-state index contributed by atoms with van der Waals surface area (Å²) in [5.74, 6) is -0.0564. The maximum Gasteiger partial charge on any atom is 0.254 e. The minimum Gasteiger partial charge on any atom is -0.379 e. The Hall–Kier alpha value is -3.09. The third-order valence-electron chi connectivity index (χ3n) is 6.79. The normalized spacial score (nSPS) is 19.2. The highest BCUT2D eigenvalue weighted by Crippen LogP contribution is 2.29. The molecule has 2 saturated heterocycles. The quantitative estimate of drug-likeness (QED) is 0.553. The molecule has 1 amide bonds. The van der Waals surface area contributed by atoms with Crippen LogP contribution in [0.5, 0.6) is 0 Å². The maximum atomic E-state index is 14.3. The third-order valence-corrected chi connectivity index (χ3v) is 6.79. The molecule has 2 aromatic carbocycles. The first-order valence-electron chi connectivity index (χ1n) is 12.1. The van der Waals surface area contributed by atoms with Gasteiger partial charge in [0.05, 0.1) is 18.9 Å². The predicted octanol–water partition coefficient (Wildman–Crippen LogP) is 4.74. The number of pyridine rings is 1. The number of nitrogens with zero attached hydrogens (tertiary/aromatic N) is 3. The van der Waals surface area contributed by atoms with E-state index in [9.17, 15) is 9.18 Å². The van der Waals surface area contributed by atoms with Gasteiger partial charge in [0.1, 0.15) is 5.82 Å². The number of halogens is 1. The molecule has 2 aliphatic rings. The lowest BCUT2D eigenvalue weighted by molar-refractivity contribution is 0.0339. The molecule has 3 aromatic rings. The molecule has 5 rings (SSSR count). The summed E-state index contributed by atoms with van der Waals surface area (Å²) in [5, 5.41) is 0. The number of rotatable bonds is 5. The van der Waals surface area contributed by atoms with Crippen molar-refractivity contribution < 1.29 is 13.9 Å². The van der Waals surface area contributed by atoms with E-state index in [4.69, 9.17) is 9.72 Å². The number of likely N-dealkylation sites (tertiary alicyclic amines) is 1. The van der Waals surface area contributed by atoms with Gasteiger partial charge in [-0.05, 0) is 48.7 Å². The van der Waals surface area contributed by atoms with Crippen LogP contribution in [0.3, 0.4) is 0 Å². The third kappa shape index (κ3) is 5.03. The van der Waals surface area contributed by atoms with Crippen molar-refractivity contribution in [2.24, 2.45) is 0 Å². The number of amides is 1. The average Bonchev–Trinajstić information content (AvgIpc) is 2.90. The second kappa shape index (κ2) is 10.5. The Morgan fingerprint density at radius 3 is 2.62 bits per heavy atom. The molecule has 0 N–H and O–H groups in total.